The van der Waals surface area contributed by atoms with Crippen molar-refractivity contribution in [1.29, 1.82) is 0 Å². The molecule has 2 aromatic carbocycles. The number of nitrogens with zero attached hydrogens (tertiary/aromatic N) is 1. The molecule has 3 nitrogen and oxygen atoms in total. The highest BCUT2D eigenvalue weighted by molar-refractivity contribution is 5.38. The van der Waals surface area contributed by atoms with Crippen LogP contribution in [-0.2, 0) is 0 Å². The standard InChI is InChI=1S/C21H23NO2/c1-20(23)16-22(2)19(18-11-7-4-8-12-18)15-21(20,24)14-13-17-9-5-3-6-10-17/h3-12,19,23-24H,15-16H2,1-2H3. The van der Waals surface area contributed by atoms with E-state index in [9.17, 15) is 10.2 Å². The highest BCUT2D eigenvalue weighted by atomic mass is 16.4. The zero-order valence-electron chi connectivity index (χ0n) is 14.1. The van der Waals surface area contributed by atoms with Crippen LogP contribution in [0.5, 0.6) is 0 Å². The van der Waals surface area contributed by atoms with E-state index in [-0.39, 0.29) is 6.04 Å². The Morgan fingerprint density at radius 1 is 1.00 bits per heavy atom. The molecule has 1 heterocycles. The van der Waals surface area contributed by atoms with Crippen molar-refractivity contribution in [3.05, 3.63) is 71.8 Å². The van der Waals surface area contributed by atoms with Crippen LogP contribution in [0.25, 0.3) is 0 Å². The second kappa shape index (κ2) is 6.41. The predicted molar refractivity (Wildman–Crippen MR) is 95.3 cm³/mol. The van der Waals surface area contributed by atoms with Gasteiger partial charge in [0.1, 0.15) is 5.60 Å². The van der Waals surface area contributed by atoms with Crippen LogP contribution in [0.15, 0.2) is 60.7 Å². The second-order valence-electron chi connectivity index (χ2n) is 6.80. The van der Waals surface area contributed by atoms with Gasteiger partial charge in [-0.1, -0.05) is 60.4 Å². The zero-order valence-corrected chi connectivity index (χ0v) is 14.1. The van der Waals surface area contributed by atoms with E-state index >= 15 is 0 Å². The minimum Gasteiger partial charge on any atom is -0.385 e. The number of benzene rings is 2. The van der Waals surface area contributed by atoms with Crippen LogP contribution in [0, 0.1) is 11.8 Å². The van der Waals surface area contributed by atoms with Crippen LogP contribution >= 0.6 is 0 Å². The number of likely N-dealkylation sites (N-methyl/N-ethyl adjacent to an activating group) is 1. The van der Waals surface area contributed by atoms with Gasteiger partial charge < -0.3 is 10.2 Å². The van der Waals surface area contributed by atoms with Gasteiger partial charge in [0.25, 0.3) is 0 Å². The first kappa shape index (κ1) is 16.7. The molecule has 0 radical (unpaired) electrons. The van der Waals surface area contributed by atoms with Gasteiger partial charge in [0.15, 0.2) is 5.60 Å². The SMILES string of the molecule is CN1CC(C)(O)C(O)(C#Cc2ccccc2)CC1c1ccccc1. The molecule has 2 N–H and O–H groups in total. The minimum atomic E-state index is -1.46. The Kier molecular flexibility index (Phi) is 4.47. The molecule has 24 heavy (non-hydrogen) atoms. The molecule has 0 aromatic heterocycles. The summed E-state index contributed by atoms with van der Waals surface area (Å²) in [5.41, 5.74) is -0.808. The Morgan fingerprint density at radius 2 is 1.58 bits per heavy atom. The molecule has 3 rings (SSSR count). The summed E-state index contributed by atoms with van der Waals surface area (Å²) >= 11 is 0. The third kappa shape index (κ3) is 3.22. The number of hydrogen-bond acceptors (Lipinski definition) is 3. The van der Waals surface area contributed by atoms with Gasteiger partial charge in [0, 0.05) is 24.6 Å². The number of aliphatic hydroxyl groups is 2. The fourth-order valence-corrected chi connectivity index (χ4v) is 3.31. The van der Waals surface area contributed by atoms with Crippen molar-refractivity contribution in [1.82, 2.24) is 4.90 Å². The third-order valence-electron chi connectivity index (χ3n) is 4.84. The maximum atomic E-state index is 11.2. The summed E-state index contributed by atoms with van der Waals surface area (Å²) < 4.78 is 0. The van der Waals surface area contributed by atoms with Crippen LogP contribution in [0.3, 0.4) is 0 Å². The molecule has 124 valence electrons. The lowest BCUT2D eigenvalue weighted by atomic mass is 9.74. The first-order valence-electron chi connectivity index (χ1n) is 8.19. The Balaban J connectivity index is 1.94. The van der Waals surface area contributed by atoms with Gasteiger partial charge in [-0.2, -0.15) is 0 Å². The first-order valence-corrected chi connectivity index (χ1v) is 8.19. The van der Waals surface area contributed by atoms with Crippen molar-refractivity contribution in [2.24, 2.45) is 0 Å². The van der Waals surface area contributed by atoms with E-state index in [4.69, 9.17) is 0 Å². The molecule has 3 unspecified atom stereocenters. The Morgan fingerprint density at radius 3 is 2.21 bits per heavy atom. The van der Waals surface area contributed by atoms with Crippen LogP contribution < -0.4 is 0 Å². The Labute approximate surface area is 143 Å². The monoisotopic (exact) mass is 321 g/mol. The highest BCUT2D eigenvalue weighted by Gasteiger charge is 2.51. The molecule has 2 aromatic rings. The lowest BCUT2D eigenvalue weighted by molar-refractivity contribution is -0.160. The van der Waals surface area contributed by atoms with Crippen LogP contribution in [0.1, 0.15) is 30.5 Å². The molecule has 0 amide bonds. The number of rotatable bonds is 1. The lowest BCUT2D eigenvalue weighted by Gasteiger charge is -2.49. The van der Waals surface area contributed by atoms with E-state index in [0.717, 1.165) is 11.1 Å². The average Bonchev–Trinajstić information content (AvgIpc) is 2.58. The minimum absolute atomic E-state index is 0.0153. The van der Waals surface area contributed by atoms with Gasteiger partial charge in [-0.3, -0.25) is 4.90 Å². The van der Waals surface area contributed by atoms with E-state index in [0.29, 0.717) is 13.0 Å². The van der Waals surface area contributed by atoms with E-state index in [1.54, 1.807) is 6.92 Å². The van der Waals surface area contributed by atoms with Gasteiger partial charge >= 0.3 is 0 Å². The number of β-amino-alcohol motifs (C(OH)–C–C–N with tert-alkyl or cyclic N) is 1. The smallest absolute Gasteiger partial charge is 0.157 e. The van der Waals surface area contributed by atoms with Crippen molar-refractivity contribution in [3.8, 4) is 11.8 Å². The fraction of sp³-hybridized carbons (Fsp3) is 0.333. The quantitative estimate of drug-likeness (QED) is 0.794. The number of likely N-dealkylation sites (tertiary alicyclic amines) is 1. The molecule has 3 atom stereocenters. The summed E-state index contributed by atoms with van der Waals surface area (Å²) in [6.45, 7) is 2.01. The molecular formula is C21H23NO2. The molecule has 0 aliphatic carbocycles. The molecule has 1 aliphatic heterocycles. The second-order valence-corrected chi connectivity index (χ2v) is 6.80. The topological polar surface area (TPSA) is 43.7 Å². The summed E-state index contributed by atoms with van der Waals surface area (Å²) in [5, 5.41) is 22.0. The van der Waals surface area contributed by atoms with Crippen LogP contribution in [0.4, 0.5) is 0 Å². The maximum absolute atomic E-state index is 11.2. The van der Waals surface area contributed by atoms with Gasteiger partial charge in [-0.25, -0.2) is 0 Å². The zero-order chi connectivity index (χ0) is 17.2. The summed E-state index contributed by atoms with van der Waals surface area (Å²) in [7, 11) is 1.97. The normalized spacial score (nSPS) is 30.4. The van der Waals surface area contributed by atoms with Crippen LogP contribution in [0.2, 0.25) is 0 Å². The van der Waals surface area contributed by atoms with Gasteiger partial charge in [0.2, 0.25) is 0 Å². The maximum Gasteiger partial charge on any atom is 0.157 e. The number of piperidine rings is 1. The van der Waals surface area contributed by atoms with E-state index in [1.807, 2.05) is 67.7 Å². The summed E-state index contributed by atoms with van der Waals surface area (Å²) in [6, 6.07) is 19.6. The predicted octanol–water partition coefficient (Wildman–Crippen LogP) is 2.60. The van der Waals surface area contributed by atoms with Crippen LogP contribution in [-0.4, -0.2) is 39.9 Å². The van der Waals surface area contributed by atoms with Gasteiger partial charge in [-0.05, 0) is 31.7 Å². The summed E-state index contributed by atoms with van der Waals surface area (Å²) in [4.78, 5) is 2.08. The Hall–Kier alpha value is -2.12. The highest BCUT2D eigenvalue weighted by Crippen LogP contribution is 2.40. The third-order valence-corrected chi connectivity index (χ3v) is 4.84. The van der Waals surface area contributed by atoms with Gasteiger partial charge in [-0.15, -0.1) is 0 Å². The first-order chi connectivity index (χ1) is 11.4. The average molecular weight is 321 g/mol. The molecule has 3 heteroatoms. The van der Waals surface area contributed by atoms with Crippen molar-refractivity contribution in [3.63, 3.8) is 0 Å². The van der Waals surface area contributed by atoms with Gasteiger partial charge in [0.05, 0.1) is 0 Å². The largest absolute Gasteiger partial charge is 0.385 e. The molecule has 1 saturated heterocycles. The molecule has 1 fully saturated rings. The molecular weight excluding hydrogens is 298 g/mol. The van der Waals surface area contributed by atoms with E-state index < -0.39 is 11.2 Å². The van der Waals surface area contributed by atoms with Crippen molar-refractivity contribution in [2.45, 2.75) is 30.6 Å². The molecule has 1 aliphatic rings. The lowest BCUT2D eigenvalue weighted by Crippen LogP contribution is -2.62. The Bertz CT molecular complexity index is 746. The van der Waals surface area contributed by atoms with Crippen molar-refractivity contribution < 1.29 is 10.2 Å². The van der Waals surface area contributed by atoms with Crippen molar-refractivity contribution in [2.75, 3.05) is 13.6 Å². The van der Waals surface area contributed by atoms with E-state index in [2.05, 4.69) is 16.7 Å². The summed E-state index contributed by atoms with van der Waals surface area (Å²) in [5.74, 6) is 5.97. The molecule has 0 bridgehead atoms. The molecule has 0 saturated carbocycles. The fourth-order valence-electron chi connectivity index (χ4n) is 3.31. The summed E-state index contributed by atoms with van der Waals surface area (Å²) in [6.07, 6.45) is 0.361. The number of hydrogen-bond donors (Lipinski definition) is 2. The van der Waals surface area contributed by atoms with Crippen molar-refractivity contribution >= 4 is 0 Å². The van der Waals surface area contributed by atoms with E-state index in [1.165, 1.54) is 0 Å². The molecule has 0 spiro atoms.